The van der Waals surface area contributed by atoms with E-state index in [9.17, 15) is 4.79 Å². The number of hydrogen-bond acceptors (Lipinski definition) is 4. The summed E-state index contributed by atoms with van der Waals surface area (Å²) in [6, 6.07) is 11.5. The smallest absolute Gasteiger partial charge is 0.356 e. The molecule has 2 aromatic heterocycles. The lowest BCUT2D eigenvalue weighted by atomic mass is 9.87. The molecule has 0 aliphatic rings. The van der Waals surface area contributed by atoms with Crippen molar-refractivity contribution in [2.24, 2.45) is 0 Å². The van der Waals surface area contributed by atoms with Crippen LogP contribution in [0, 0.1) is 0 Å². The maximum atomic E-state index is 11.8. The number of methoxy groups -OCH3 is 2. The fourth-order valence-electron chi connectivity index (χ4n) is 3.16. The number of esters is 1. The summed E-state index contributed by atoms with van der Waals surface area (Å²) in [5.74, 6) is 0.392. The van der Waals surface area contributed by atoms with Gasteiger partial charge in [-0.3, -0.25) is 0 Å². The van der Waals surface area contributed by atoms with Crippen molar-refractivity contribution in [3.63, 3.8) is 0 Å². The van der Waals surface area contributed by atoms with Crippen LogP contribution >= 0.6 is 0 Å². The van der Waals surface area contributed by atoms with Crippen LogP contribution in [-0.2, 0) is 16.6 Å². The molecule has 2 heterocycles. The molecule has 5 nitrogen and oxygen atoms in total. The summed E-state index contributed by atoms with van der Waals surface area (Å²) in [4.78, 5) is 19.8. The van der Waals surface area contributed by atoms with Gasteiger partial charge in [0.2, 0.25) is 0 Å². The number of pyridine rings is 1. The van der Waals surface area contributed by atoms with Crippen molar-refractivity contribution in [3.8, 4) is 5.75 Å². The molecule has 0 unspecified atom stereocenters. The zero-order valence-corrected chi connectivity index (χ0v) is 15.8. The first kappa shape index (κ1) is 18.0. The van der Waals surface area contributed by atoms with Crippen molar-refractivity contribution in [1.29, 1.82) is 0 Å². The summed E-state index contributed by atoms with van der Waals surface area (Å²) < 4.78 is 10.1. The van der Waals surface area contributed by atoms with Gasteiger partial charge < -0.3 is 14.5 Å². The number of carbonyl (C=O) groups is 1. The van der Waals surface area contributed by atoms with Crippen LogP contribution in [0.5, 0.6) is 5.75 Å². The Morgan fingerprint density at radius 1 is 1.15 bits per heavy atom. The molecule has 0 saturated carbocycles. The number of hydrogen-bond donors (Lipinski definition) is 1. The van der Waals surface area contributed by atoms with E-state index in [0.29, 0.717) is 12.1 Å². The van der Waals surface area contributed by atoms with Gasteiger partial charge in [-0.15, -0.1) is 0 Å². The fraction of sp³-hybridized carbons (Fsp3) is 0.333. The largest absolute Gasteiger partial charge is 0.497 e. The van der Waals surface area contributed by atoms with Gasteiger partial charge in [-0.2, -0.15) is 0 Å². The topological polar surface area (TPSA) is 64.2 Å². The molecule has 1 N–H and O–H groups in total. The average Bonchev–Trinajstić information content (AvgIpc) is 2.99. The molecule has 0 atom stereocenters. The standard InChI is InChI=1S/C21H24N2O3/c1-21(2,3)19-16(15-10-9-14(25-4)12-18(15)23-19)11-13-7-6-8-17(22-13)20(24)26-5/h6-10,12,23H,11H2,1-5H3. The van der Waals surface area contributed by atoms with Gasteiger partial charge in [0.05, 0.1) is 14.2 Å². The second kappa shape index (κ2) is 6.83. The molecule has 0 bridgehead atoms. The van der Waals surface area contributed by atoms with E-state index < -0.39 is 5.97 Å². The number of nitrogens with one attached hydrogen (secondary N) is 1. The number of fused-ring (bicyclic) bond motifs is 1. The Kier molecular flexibility index (Phi) is 4.72. The predicted molar refractivity (Wildman–Crippen MR) is 102 cm³/mol. The van der Waals surface area contributed by atoms with Crippen LogP contribution in [-0.4, -0.2) is 30.2 Å². The predicted octanol–water partition coefficient (Wildman–Crippen LogP) is 4.25. The molecule has 3 rings (SSSR count). The van der Waals surface area contributed by atoms with Gasteiger partial charge in [0, 0.05) is 40.2 Å². The summed E-state index contributed by atoms with van der Waals surface area (Å²) in [5, 5.41) is 1.14. The molecule has 136 valence electrons. The van der Waals surface area contributed by atoms with Gasteiger partial charge in [-0.1, -0.05) is 26.8 Å². The van der Waals surface area contributed by atoms with Gasteiger partial charge in [-0.05, 0) is 29.8 Å². The molecule has 26 heavy (non-hydrogen) atoms. The maximum Gasteiger partial charge on any atom is 0.356 e. The summed E-state index contributed by atoms with van der Waals surface area (Å²) in [6.45, 7) is 6.53. The minimum absolute atomic E-state index is 0.0540. The van der Waals surface area contributed by atoms with Crippen LogP contribution < -0.4 is 4.74 Å². The molecule has 0 amide bonds. The highest BCUT2D eigenvalue weighted by Crippen LogP contribution is 2.34. The number of rotatable bonds is 4. The normalized spacial score (nSPS) is 11.6. The Labute approximate surface area is 153 Å². The maximum absolute atomic E-state index is 11.8. The van der Waals surface area contributed by atoms with Crippen LogP contribution in [0.3, 0.4) is 0 Å². The SMILES string of the molecule is COC(=O)c1cccc(Cc2c(C(C)(C)C)[nH]c3cc(OC)ccc23)n1. The van der Waals surface area contributed by atoms with Crippen LogP contribution in [0.4, 0.5) is 0 Å². The molecule has 0 aliphatic carbocycles. The zero-order chi connectivity index (χ0) is 18.9. The first-order chi connectivity index (χ1) is 12.3. The van der Waals surface area contributed by atoms with E-state index in [1.165, 1.54) is 12.7 Å². The van der Waals surface area contributed by atoms with E-state index in [2.05, 4.69) is 36.8 Å². The van der Waals surface area contributed by atoms with E-state index in [1.54, 1.807) is 13.2 Å². The van der Waals surface area contributed by atoms with Crippen LogP contribution in [0.15, 0.2) is 36.4 Å². The average molecular weight is 352 g/mol. The Morgan fingerprint density at radius 2 is 1.92 bits per heavy atom. The first-order valence-electron chi connectivity index (χ1n) is 8.57. The summed E-state index contributed by atoms with van der Waals surface area (Å²) in [7, 11) is 3.03. The Balaban J connectivity index is 2.10. The highest BCUT2D eigenvalue weighted by molar-refractivity contribution is 5.88. The van der Waals surface area contributed by atoms with Gasteiger partial charge in [-0.25, -0.2) is 9.78 Å². The highest BCUT2D eigenvalue weighted by atomic mass is 16.5. The van der Waals surface area contributed by atoms with E-state index in [1.807, 2.05) is 24.3 Å². The molecule has 0 fully saturated rings. The van der Waals surface area contributed by atoms with E-state index in [0.717, 1.165) is 28.0 Å². The minimum atomic E-state index is -0.424. The molecule has 0 spiro atoms. The minimum Gasteiger partial charge on any atom is -0.497 e. The highest BCUT2D eigenvalue weighted by Gasteiger charge is 2.23. The van der Waals surface area contributed by atoms with Crippen LogP contribution in [0.25, 0.3) is 10.9 Å². The van der Waals surface area contributed by atoms with Crippen molar-refractivity contribution in [3.05, 3.63) is 59.0 Å². The summed E-state index contributed by atoms with van der Waals surface area (Å²) in [6.07, 6.45) is 0.629. The van der Waals surface area contributed by atoms with E-state index in [4.69, 9.17) is 9.47 Å². The molecular formula is C21H24N2O3. The number of aromatic nitrogens is 2. The quantitative estimate of drug-likeness (QED) is 0.713. The van der Waals surface area contributed by atoms with Gasteiger partial charge in [0.15, 0.2) is 0 Å². The Hall–Kier alpha value is -2.82. The number of ether oxygens (including phenoxy) is 2. The number of aromatic amines is 1. The van der Waals surface area contributed by atoms with Crippen LogP contribution in [0.1, 0.15) is 48.2 Å². The lowest BCUT2D eigenvalue weighted by Gasteiger charge is -2.19. The lowest BCUT2D eigenvalue weighted by Crippen LogP contribution is -2.15. The van der Waals surface area contributed by atoms with E-state index in [-0.39, 0.29) is 5.41 Å². The first-order valence-corrected chi connectivity index (χ1v) is 8.57. The zero-order valence-electron chi connectivity index (χ0n) is 15.8. The lowest BCUT2D eigenvalue weighted by molar-refractivity contribution is 0.0593. The molecule has 0 saturated heterocycles. The monoisotopic (exact) mass is 352 g/mol. The molecule has 5 heteroatoms. The molecule has 1 aromatic carbocycles. The number of H-pyrrole nitrogens is 1. The van der Waals surface area contributed by atoms with Gasteiger partial charge in [0.25, 0.3) is 0 Å². The number of nitrogens with zero attached hydrogens (tertiary/aromatic N) is 1. The third kappa shape index (κ3) is 3.43. The third-order valence-electron chi connectivity index (χ3n) is 4.42. The summed E-state index contributed by atoms with van der Waals surface area (Å²) >= 11 is 0. The van der Waals surface area contributed by atoms with E-state index >= 15 is 0 Å². The van der Waals surface area contributed by atoms with Crippen LogP contribution in [0.2, 0.25) is 0 Å². The van der Waals surface area contributed by atoms with Gasteiger partial charge >= 0.3 is 5.97 Å². The van der Waals surface area contributed by atoms with Crippen molar-refractivity contribution in [2.45, 2.75) is 32.6 Å². The second-order valence-corrected chi connectivity index (χ2v) is 7.32. The molecule has 0 aliphatic heterocycles. The molecular weight excluding hydrogens is 328 g/mol. The second-order valence-electron chi connectivity index (χ2n) is 7.32. The van der Waals surface area contributed by atoms with Crippen molar-refractivity contribution >= 4 is 16.9 Å². The molecule has 0 radical (unpaired) electrons. The fourth-order valence-corrected chi connectivity index (χ4v) is 3.16. The van der Waals surface area contributed by atoms with Crippen molar-refractivity contribution in [2.75, 3.05) is 14.2 Å². The van der Waals surface area contributed by atoms with Gasteiger partial charge in [0.1, 0.15) is 11.4 Å². The number of carbonyl (C=O) groups excluding carboxylic acids is 1. The third-order valence-corrected chi connectivity index (χ3v) is 4.42. The molecule has 3 aromatic rings. The Bertz CT molecular complexity index is 952. The summed E-state index contributed by atoms with van der Waals surface area (Å²) in [5.41, 5.74) is 4.48. The van der Waals surface area contributed by atoms with Crippen molar-refractivity contribution < 1.29 is 14.3 Å². The van der Waals surface area contributed by atoms with Crippen molar-refractivity contribution in [1.82, 2.24) is 9.97 Å². The Morgan fingerprint density at radius 3 is 2.58 bits per heavy atom. The number of benzene rings is 1.